The summed E-state index contributed by atoms with van der Waals surface area (Å²) in [7, 11) is 1.82. The standard InChI is InChI=1S/C13H19ClN2O2.ClH/c1-4-18-12-7-10(14)5-6-11(12)16-13(17)9(2)8-15-3;/h5-7,9,15H,4,8H2,1-3H3,(H,16,17);1H. The number of anilines is 1. The number of carbonyl (C=O) groups is 1. The van der Waals surface area contributed by atoms with Crippen molar-refractivity contribution in [2.75, 3.05) is 25.5 Å². The van der Waals surface area contributed by atoms with Crippen LogP contribution in [0.1, 0.15) is 13.8 Å². The first kappa shape index (κ1) is 18.0. The third kappa shape index (κ3) is 5.68. The van der Waals surface area contributed by atoms with Crippen molar-refractivity contribution in [1.29, 1.82) is 0 Å². The van der Waals surface area contributed by atoms with Crippen molar-refractivity contribution in [3.63, 3.8) is 0 Å². The molecule has 0 saturated carbocycles. The van der Waals surface area contributed by atoms with Gasteiger partial charge >= 0.3 is 0 Å². The van der Waals surface area contributed by atoms with Crippen molar-refractivity contribution in [3.8, 4) is 5.75 Å². The minimum Gasteiger partial charge on any atom is -0.492 e. The van der Waals surface area contributed by atoms with E-state index in [4.69, 9.17) is 16.3 Å². The van der Waals surface area contributed by atoms with Gasteiger partial charge in [-0.3, -0.25) is 4.79 Å². The Kier molecular flexibility index (Phi) is 8.56. The molecular weight excluding hydrogens is 287 g/mol. The molecule has 0 heterocycles. The summed E-state index contributed by atoms with van der Waals surface area (Å²) in [6.45, 7) is 4.90. The van der Waals surface area contributed by atoms with Gasteiger partial charge in [0.25, 0.3) is 0 Å². The highest BCUT2D eigenvalue weighted by atomic mass is 35.5. The number of halogens is 2. The molecule has 0 bridgehead atoms. The second kappa shape index (κ2) is 9.02. The fourth-order valence-corrected chi connectivity index (χ4v) is 1.69. The zero-order valence-electron chi connectivity index (χ0n) is 11.3. The van der Waals surface area contributed by atoms with Crippen molar-refractivity contribution < 1.29 is 9.53 Å². The summed E-state index contributed by atoms with van der Waals surface area (Å²) in [5, 5.41) is 6.40. The SMILES string of the molecule is CCOc1cc(Cl)ccc1NC(=O)C(C)CNC.Cl. The minimum atomic E-state index is -0.111. The van der Waals surface area contributed by atoms with Gasteiger partial charge in [-0.15, -0.1) is 12.4 Å². The number of benzene rings is 1. The van der Waals surface area contributed by atoms with Crippen LogP contribution in [0.5, 0.6) is 5.75 Å². The predicted octanol–water partition coefficient (Wildman–Crippen LogP) is 2.95. The highest BCUT2D eigenvalue weighted by Gasteiger charge is 2.14. The van der Waals surface area contributed by atoms with Crippen LogP contribution in [0.15, 0.2) is 18.2 Å². The number of rotatable bonds is 6. The Morgan fingerprint density at radius 3 is 2.74 bits per heavy atom. The quantitative estimate of drug-likeness (QED) is 0.849. The van der Waals surface area contributed by atoms with Gasteiger partial charge in [0.2, 0.25) is 5.91 Å². The first-order chi connectivity index (χ1) is 8.58. The van der Waals surface area contributed by atoms with Gasteiger partial charge < -0.3 is 15.4 Å². The fraction of sp³-hybridized carbons (Fsp3) is 0.462. The lowest BCUT2D eigenvalue weighted by molar-refractivity contribution is -0.119. The number of hydrogen-bond acceptors (Lipinski definition) is 3. The molecule has 2 N–H and O–H groups in total. The maximum Gasteiger partial charge on any atom is 0.228 e. The second-order valence-corrected chi connectivity index (χ2v) is 4.46. The molecule has 0 fully saturated rings. The molecule has 0 radical (unpaired) electrons. The minimum absolute atomic E-state index is 0. The summed E-state index contributed by atoms with van der Waals surface area (Å²) in [4.78, 5) is 11.9. The maximum atomic E-state index is 11.9. The molecule has 6 heteroatoms. The second-order valence-electron chi connectivity index (χ2n) is 4.02. The van der Waals surface area contributed by atoms with E-state index in [-0.39, 0.29) is 24.2 Å². The third-order valence-electron chi connectivity index (χ3n) is 2.46. The van der Waals surface area contributed by atoms with Crippen LogP contribution in [0.4, 0.5) is 5.69 Å². The highest BCUT2D eigenvalue weighted by molar-refractivity contribution is 6.30. The van der Waals surface area contributed by atoms with Gasteiger partial charge in [0.05, 0.1) is 12.3 Å². The van der Waals surface area contributed by atoms with E-state index in [0.29, 0.717) is 29.6 Å². The topological polar surface area (TPSA) is 50.4 Å². The lowest BCUT2D eigenvalue weighted by atomic mass is 10.1. The van der Waals surface area contributed by atoms with Crippen LogP contribution in [0.25, 0.3) is 0 Å². The maximum absolute atomic E-state index is 11.9. The van der Waals surface area contributed by atoms with Gasteiger partial charge in [0.1, 0.15) is 5.75 Å². The van der Waals surface area contributed by atoms with Crippen LogP contribution in [-0.4, -0.2) is 26.1 Å². The summed E-state index contributed by atoms with van der Waals surface area (Å²) in [6.07, 6.45) is 0. The number of carbonyl (C=O) groups excluding carboxylic acids is 1. The Labute approximate surface area is 125 Å². The van der Waals surface area contributed by atoms with E-state index in [1.807, 2.05) is 20.9 Å². The Balaban J connectivity index is 0.00000324. The van der Waals surface area contributed by atoms with Crippen molar-refractivity contribution >= 4 is 35.6 Å². The Hall–Kier alpha value is -0.970. The molecule has 1 rings (SSSR count). The molecule has 0 aliphatic rings. The van der Waals surface area contributed by atoms with Gasteiger partial charge in [-0.25, -0.2) is 0 Å². The normalized spacial score (nSPS) is 11.4. The van der Waals surface area contributed by atoms with Crippen LogP contribution in [0.3, 0.4) is 0 Å². The van der Waals surface area contributed by atoms with Gasteiger partial charge in [-0.1, -0.05) is 18.5 Å². The van der Waals surface area contributed by atoms with Gasteiger partial charge in [0, 0.05) is 23.6 Å². The van der Waals surface area contributed by atoms with E-state index in [1.165, 1.54) is 0 Å². The van der Waals surface area contributed by atoms with Crippen molar-refractivity contribution in [1.82, 2.24) is 5.32 Å². The lowest BCUT2D eigenvalue weighted by Crippen LogP contribution is -2.28. The Morgan fingerprint density at radius 2 is 2.16 bits per heavy atom. The molecule has 19 heavy (non-hydrogen) atoms. The van der Waals surface area contributed by atoms with Gasteiger partial charge in [0.15, 0.2) is 0 Å². The van der Waals surface area contributed by atoms with E-state index in [1.54, 1.807) is 18.2 Å². The molecule has 1 aromatic rings. The molecule has 0 saturated heterocycles. The average Bonchev–Trinajstić information content (AvgIpc) is 2.33. The molecule has 1 atom stereocenters. The van der Waals surface area contributed by atoms with E-state index in [0.717, 1.165) is 0 Å². The molecule has 108 valence electrons. The molecule has 0 aliphatic heterocycles. The summed E-state index contributed by atoms with van der Waals surface area (Å²) in [6, 6.07) is 5.17. The molecule has 1 unspecified atom stereocenters. The monoisotopic (exact) mass is 306 g/mol. The highest BCUT2D eigenvalue weighted by Crippen LogP contribution is 2.28. The molecule has 0 aromatic heterocycles. The zero-order valence-corrected chi connectivity index (χ0v) is 12.9. The number of nitrogens with one attached hydrogen (secondary N) is 2. The summed E-state index contributed by atoms with van der Waals surface area (Å²) < 4.78 is 5.44. The predicted molar refractivity (Wildman–Crippen MR) is 81.6 cm³/mol. The average molecular weight is 307 g/mol. The molecule has 4 nitrogen and oxygen atoms in total. The molecule has 1 amide bonds. The number of amides is 1. The Morgan fingerprint density at radius 1 is 1.47 bits per heavy atom. The van der Waals surface area contributed by atoms with Crippen molar-refractivity contribution in [3.05, 3.63) is 23.2 Å². The largest absolute Gasteiger partial charge is 0.492 e. The van der Waals surface area contributed by atoms with Crippen LogP contribution in [0, 0.1) is 5.92 Å². The third-order valence-corrected chi connectivity index (χ3v) is 2.69. The fourth-order valence-electron chi connectivity index (χ4n) is 1.53. The van der Waals surface area contributed by atoms with Crippen LogP contribution >= 0.6 is 24.0 Å². The first-order valence-electron chi connectivity index (χ1n) is 5.96. The lowest BCUT2D eigenvalue weighted by Gasteiger charge is -2.15. The molecular formula is C13H20Cl2N2O2. The summed E-state index contributed by atoms with van der Waals surface area (Å²) in [5.74, 6) is 0.433. The Bertz CT molecular complexity index is 414. The molecule has 0 spiro atoms. The molecule has 0 aliphatic carbocycles. The molecule has 1 aromatic carbocycles. The van der Waals surface area contributed by atoms with Gasteiger partial charge in [-0.05, 0) is 26.1 Å². The van der Waals surface area contributed by atoms with Crippen LogP contribution in [0.2, 0.25) is 5.02 Å². The summed E-state index contributed by atoms with van der Waals surface area (Å²) in [5.41, 5.74) is 0.647. The first-order valence-corrected chi connectivity index (χ1v) is 6.34. The van der Waals surface area contributed by atoms with Crippen LogP contribution < -0.4 is 15.4 Å². The zero-order chi connectivity index (χ0) is 13.5. The number of ether oxygens (including phenoxy) is 1. The van der Waals surface area contributed by atoms with Crippen molar-refractivity contribution in [2.24, 2.45) is 5.92 Å². The van der Waals surface area contributed by atoms with E-state index in [2.05, 4.69) is 10.6 Å². The van der Waals surface area contributed by atoms with E-state index < -0.39 is 0 Å². The van der Waals surface area contributed by atoms with Crippen LogP contribution in [-0.2, 0) is 4.79 Å². The summed E-state index contributed by atoms with van der Waals surface area (Å²) >= 11 is 5.90. The van der Waals surface area contributed by atoms with E-state index in [9.17, 15) is 4.79 Å². The van der Waals surface area contributed by atoms with Gasteiger partial charge in [-0.2, -0.15) is 0 Å². The van der Waals surface area contributed by atoms with E-state index >= 15 is 0 Å². The number of hydrogen-bond donors (Lipinski definition) is 2. The van der Waals surface area contributed by atoms with Crippen molar-refractivity contribution in [2.45, 2.75) is 13.8 Å². The smallest absolute Gasteiger partial charge is 0.228 e.